The van der Waals surface area contributed by atoms with E-state index >= 15 is 0 Å². The van der Waals surface area contributed by atoms with Crippen molar-refractivity contribution in [3.63, 3.8) is 0 Å². The lowest BCUT2D eigenvalue weighted by Crippen LogP contribution is -2.52. The van der Waals surface area contributed by atoms with E-state index in [0.717, 1.165) is 19.8 Å². The first-order valence-corrected chi connectivity index (χ1v) is 10.6. The smallest absolute Gasteiger partial charge is 0.0779 e. The third-order valence-corrected chi connectivity index (χ3v) is 7.34. The zero-order valence-electron chi connectivity index (χ0n) is 20.1. The molecule has 2 heteroatoms. The summed E-state index contributed by atoms with van der Waals surface area (Å²) in [5.74, 6) is 0. The summed E-state index contributed by atoms with van der Waals surface area (Å²) >= 11 is 0. The fourth-order valence-electron chi connectivity index (χ4n) is 5.82. The highest BCUT2D eigenvalue weighted by atomic mass is 16.5. The van der Waals surface area contributed by atoms with Gasteiger partial charge in [0.2, 0.25) is 0 Å². The van der Waals surface area contributed by atoms with Crippen molar-refractivity contribution in [2.24, 2.45) is 27.1 Å². The van der Waals surface area contributed by atoms with Crippen LogP contribution in [0.4, 0.5) is 0 Å². The van der Waals surface area contributed by atoms with Crippen LogP contribution in [0.3, 0.4) is 0 Å². The van der Waals surface area contributed by atoms with Crippen LogP contribution >= 0.6 is 0 Å². The SMILES string of the molecule is CC(C)(C)C1(C(C)(C)C)CCCO1.CC(C)(C)C1(C(C)(C)C)CCOC1. The first-order chi connectivity index (χ1) is 11.4. The molecule has 0 unspecified atom stereocenters. The van der Waals surface area contributed by atoms with Crippen molar-refractivity contribution >= 4 is 0 Å². The monoisotopic (exact) mass is 368 g/mol. The quantitative estimate of drug-likeness (QED) is 0.453. The molecule has 2 fully saturated rings. The molecule has 0 N–H and O–H groups in total. The summed E-state index contributed by atoms with van der Waals surface area (Å²) in [6, 6.07) is 0. The minimum Gasteiger partial charge on any atom is -0.381 e. The lowest BCUT2D eigenvalue weighted by Gasteiger charge is -2.50. The van der Waals surface area contributed by atoms with Crippen molar-refractivity contribution in [1.82, 2.24) is 0 Å². The molecule has 0 spiro atoms. The maximum absolute atomic E-state index is 6.07. The van der Waals surface area contributed by atoms with Gasteiger partial charge >= 0.3 is 0 Å². The molecular formula is C24H48O2. The molecule has 26 heavy (non-hydrogen) atoms. The van der Waals surface area contributed by atoms with E-state index in [-0.39, 0.29) is 16.4 Å². The summed E-state index contributed by atoms with van der Waals surface area (Å²) in [5, 5.41) is 0. The van der Waals surface area contributed by atoms with E-state index in [2.05, 4.69) is 83.1 Å². The van der Waals surface area contributed by atoms with Crippen LogP contribution < -0.4 is 0 Å². The van der Waals surface area contributed by atoms with Crippen molar-refractivity contribution in [1.29, 1.82) is 0 Å². The number of ether oxygens (including phenoxy) is 2. The average molecular weight is 369 g/mol. The van der Waals surface area contributed by atoms with Crippen LogP contribution in [0.2, 0.25) is 0 Å². The molecule has 0 bridgehead atoms. The van der Waals surface area contributed by atoms with E-state index in [1.54, 1.807) is 0 Å². The molecule has 0 atom stereocenters. The van der Waals surface area contributed by atoms with Gasteiger partial charge in [-0.15, -0.1) is 0 Å². The predicted octanol–water partition coefficient (Wildman–Crippen LogP) is 7.11. The van der Waals surface area contributed by atoms with Gasteiger partial charge in [0.1, 0.15) is 0 Å². The zero-order chi connectivity index (χ0) is 20.7. The molecule has 2 aliphatic rings. The van der Waals surface area contributed by atoms with Gasteiger partial charge in [0.05, 0.1) is 12.2 Å². The first-order valence-electron chi connectivity index (χ1n) is 10.6. The Morgan fingerprint density at radius 2 is 1.04 bits per heavy atom. The molecule has 0 aromatic carbocycles. The molecule has 156 valence electrons. The second-order valence-corrected chi connectivity index (χ2v) is 12.7. The maximum atomic E-state index is 6.07. The molecule has 2 rings (SSSR count). The molecule has 2 nitrogen and oxygen atoms in total. The Morgan fingerprint density at radius 1 is 0.577 bits per heavy atom. The van der Waals surface area contributed by atoms with E-state index in [0.29, 0.717) is 16.2 Å². The van der Waals surface area contributed by atoms with E-state index < -0.39 is 0 Å². The van der Waals surface area contributed by atoms with Crippen molar-refractivity contribution in [2.45, 2.75) is 108 Å². The molecule has 0 saturated carbocycles. The van der Waals surface area contributed by atoms with Gasteiger partial charge < -0.3 is 9.47 Å². The summed E-state index contributed by atoms with van der Waals surface area (Å²) in [7, 11) is 0. The minimum absolute atomic E-state index is 0.0694. The highest BCUT2D eigenvalue weighted by Gasteiger charge is 2.53. The van der Waals surface area contributed by atoms with Gasteiger partial charge in [0.25, 0.3) is 0 Å². The van der Waals surface area contributed by atoms with Gasteiger partial charge in [0.15, 0.2) is 0 Å². The third-order valence-electron chi connectivity index (χ3n) is 7.34. The fraction of sp³-hybridized carbons (Fsp3) is 1.00. The summed E-state index contributed by atoms with van der Waals surface area (Å²) < 4.78 is 11.7. The van der Waals surface area contributed by atoms with Crippen LogP contribution in [0.25, 0.3) is 0 Å². The Bertz CT molecular complexity index is 361. The van der Waals surface area contributed by atoms with Gasteiger partial charge in [-0.3, -0.25) is 0 Å². The van der Waals surface area contributed by atoms with Crippen molar-refractivity contribution in [2.75, 3.05) is 19.8 Å². The molecule has 0 aromatic rings. The lowest BCUT2D eigenvalue weighted by atomic mass is 9.54. The van der Waals surface area contributed by atoms with Crippen molar-refractivity contribution < 1.29 is 9.47 Å². The Kier molecular flexibility index (Phi) is 6.81. The first kappa shape index (κ1) is 24.0. The normalized spacial score (nSPS) is 23.5. The Morgan fingerprint density at radius 3 is 1.19 bits per heavy atom. The van der Waals surface area contributed by atoms with Gasteiger partial charge in [0, 0.05) is 18.6 Å². The zero-order valence-corrected chi connectivity index (χ0v) is 20.1. The molecule has 2 aliphatic heterocycles. The van der Waals surface area contributed by atoms with E-state index in [9.17, 15) is 0 Å². The van der Waals surface area contributed by atoms with E-state index in [1.807, 2.05) is 0 Å². The maximum Gasteiger partial charge on any atom is 0.0779 e. The summed E-state index contributed by atoms with van der Waals surface area (Å²) in [6.07, 6.45) is 3.63. The average Bonchev–Trinajstić information content (AvgIpc) is 3.07. The molecule has 0 aromatic heterocycles. The van der Waals surface area contributed by atoms with Crippen LogP contribution in [-0.2, 0) is 9.47 Å². The highest BCUT2D eigenvalue weighted by Crippen LogP contribution is 2.56. The summed E-state index contributed by atoms with van der Waals surface area (Å²) in [6.45, 7) is 30.6. The van der Waals surface area contributed by atoms with Crippen molar-refractivity contribution in [3.8, 4) is 0 Å². The van der Waals surface area contributed by atoms with Gasteiger partial charge in [-0.05, 0) is 40.9 Å². The van der Waals surface area contributed by atoms with Gasteiger partial charge in [-0.1, -0.05) is 83.1 Å². The van der Waals surface area contributed by atoms with E-state index in [4.69, 9.17) is 9.47 Å². The topological polar surface area (TPSA) is 18.5 Å². The van der Waals surface area contributed by atoms with Crippen LogP contribution in [0.1, 0.15) is 102 Å². The third kappa shape index (κ3) is 4.32. The summed E-state index contributed by atoms with van der Waals surface area (Å²) in [4.78, 5) is 0. The molecule has 2 saturated heterocycles. The minimum atomic E-state index is 0.0694. The van der Waals surface area contributed by atoms with Gasteiger partial charge in [-0.25, -0.2) is 0 Å². The lowest BCUT2D eigenvalue weighted by molar-refractivity contribution is -0.148. The molecule has 2 heterocycles. The number of hydrogen-bond acceptors (Lipinski definition) is 2. The molecule has 0 amide bonds. The predicted molar refractivity (Wildman–Crippen MR) is 114 cm³/mol. The molecule has 0 radical (unpaired) electrons. The van der Waals surface area contributed by atoms with Crippen LogP contribution in [0, 0.1) is 27.1 Å². The van der Waals surface area contributed by atoms with Crippen LogP contribution in [0.5, 0.6) is 0 Å². The van der Waals surface area contributed by atoms with Crippen LogP contribution in [-0.4, -0.2) is 25.4 Å². The Labute approximate surface area is 164 Å². The second-order valence-electron chi connectivity index (χ2n) is 12.7. The molecular weight excluding hydrogens is 320 g/mol. The summed E-state index contributed by atoms with van der Waals surface area (Å²) in [5.41, 5.74) is 1.56. The second kappa shape index (κ2) is 7.39. The largest absolute Gasteiger partial charge is 0.381 e. The van der Waals surface area contributed by atoms with E-state index in [1.165, 1.54) is 19.3 Å². The van der Waals surface area contributed by atoms with Crippen LogP contribution in [0.15, 0.2) is 0 Å². The molecule has 0 aliphatic carbocycles. The van der Waals surface area contributed by atoms with Gasteiger partial charge in [-0.2, -0.15) is 0 Å². The fourth-order valence-corrected chi connectivity index (χ4v) is 5.82. The Hall–Kier alpha value is -0.0800. The standard InChI is InChI=1S/2C12H24O/c1-10(2,3)12(11(4,5)6)7-8-13-9-12;1-10(2,3)12(11(4,5)6)8-7-9-13-12/h2*7-9H2,1-6H3. The number of hydrogen-bond donors (Lipinski definition) is 0. The number of rotatable bonds is 0. The van der Waals surface area contributed by atoms with Crippen molar-refractivity contribution in [3.05, 3.63) is 0 Å². The highest BCUT2D eigenvalue weighted by molar-refractivity contribution is 5.03. The Balaban J connectivity index is 0.000000260.